The van der Waals surface area contributed by atoms with Crippen molar-refractivity contribution in [2.24, 2.45) is 4.99 Å². The average molecular weight is 580 g/mol. The molecule has 7 nitrogen and oxygen atoms in total. The number of nitro groups is 1. The van der Waals surface area contributed by atoms with Crippen LogP contribution in [0.3, 0.4) is 0 Å². The van der Waals surface area contributed by atoms with E-state index in [2.05, 4.69) is 5.32 Å². The number of nitrogens with zero attached hydrogens (tertiary/aromatic N) is 2. The number of aliphatic imine (C=N–C) groups is 1. The monoisotopic (exact) mass is 579 g/mol. The van der Waals surface area contributed by atoms with Gasteiger partial charge in [0.05, 0.1) is 15.5 Å². The average Bonchev–Trinajstić information content (AvgIpc) is 3.30. The zero-order valence-electron chi connectivity index (χ0n) is 20.7. The number of benzene rings is 3. The molecule has 1 aliphatic rings. The number of nitrogens with one attached hydrogen (secondary N) is 1. The van der Waals surface area contributed by atoms with E-state index in [0.717, 1.165) is 42.5 Å². The van der Waals surface area contributed by atoms with E-state index >= 15 is 0 Å². The fourth-order valence-electron chi connectivity index (χ4n) is 4.42. The summed E-state index contributed by atoms with van der Waals surface area (Å²) in [5.41, 5.74) is 3.66. The molecule has 4 aromatic rings. The van der Waals surface area contributed by atoms with Crippen molar-refractivity contribution in [1.29, 1.82) is 0 Å². The van der Waals surface area contributed by atoms with Gasteiger partial charge in [0.1, 0.15) is 17.4 Å². The van der Waals surface area contributed by atoms with Crippen LogP contribution in [0.25, 0.3) is 0 Å². The molecule has 1 aliphatic carbocycles. The molecular weight excluding hydrogens is 557 g/mol. The van der Waals surface area contributed by atoms with Crippen molar-refractivity contribution in [2.75, 3.05) is 5.32 Å². The van der Waals surface area contributed by atoms with E-state index in [1.165, 1.54) is 28.3 Å². The first-order chi connectivity index (χ1) is 18.9. The number of hydrogen-bond donors (Lipinski definition) is 1. The molecule has 0 atom stereocenters. The Balaban J connectivity index is 1.44. The zero-order chi connectivity index (χ0) is 27.4. The van der Waals surface area contributed by atoms with E-state index in [0.29, 0.717) is 31.9 Å². The van der Waals surface area contributed by atoms with Crippen molar-refractivity contribution in [3.8, 4) is 5.75 Å². The summed E-state index contributed by atoms with van der Waals surface area (Å²) in [6, 6.07) is 18.7. The Bertz CT molecular complexity index is 1550. The van der Waals surface area contributed by atoms with E-state index in [1.54, 1.807) is 30.5 Å². The third kappa shape index (κ3) is 6.30. The molecule has 0 unspecified atom stereocenters. The van der Waals surface area contributed by atoms with E-state index in [1.807, 2.05) is 30.3 Å². The fourth-order valence-corrected chi connectivity index (χ4v) is 6.21. The number of non-ortho nitro benzene ring substituents is 1. The molecule has 0 aliphatic heterocycles. The summed E-state index contributed by atoms with van der Waals surface area (Å²) in [5.74, 6) is 0.186. The van der Waals surface area contributed by atoms with Gasteiger partial charge in [0.25, 0.3) is 11.6 Å². The summed E-state index contributed by atoms with van der Waals surface area (Å²) >= 11 is 14.3. The molecule has 198 valence electrons. The number of para-hydroxylation sites is 1. The maximum atomic E-state index is 13.4. The SMILES string of the molecule is O=C(Nc1ccccc1)c1c(N=Cc2cc(Cl)cc(Cl)c2OCc2ccc([N+](=O)[O-])cc2)sc2c1CCCC2. The summed E-state index contributed by atoms with van der Waals surface area (Å²) < 4.78 is 6.01. The molecule has 1 N–H and O–H groups in total. The van der Waals surface area contributed by atoms with E-state index < -0.39 is 4.92 Å². The quantitative estimate of drug-likeness (QED) is 0.129. The molecule has 0 bridgehead atoms. The normalized spacial score (nSPS) is 12.8. The van der Waals surface area contributed by atoms with Gasteiger partial charge in [-0.05, 0) is 73.2 Å². The van der Waals surface area contributed by atoms with Crippen LogP contribution in [0.4, 0.5) is 16.4 Å². The van der Waals surface area contributed by atoms with Crippen molar-refractivity contribution >= 4 is 63.0 Å². The number of thiophene rings is 1. The number of anilines is 1. The Hall–Kier alpha value is -3.72. The molecule has 5 rings (SSSR count). The summed E-state index contributed by atoms with van der Waals surface area (Å²) in [6.45, 7) is 0.137. The number of fused-ring (bicyclic) bond motifs is 1. The number of hydrogen-bond acceptors (Lipinski definition) is 6. The lowest BCUT2D eigenvalue weighted by Crippen LogP contribution is -2.14. The van der Waals surface area contributed by atoms with Gasteiger partial charge < -0.3 is 10.1 Å². The zero-order valence-corrected chi connectivity index (χ0v) is 23.0. The first-order valence-electron chi connectivity index (χ1n) is 12.3. The van der Waals surface area contributed by atoms with Crippen LogP contribution in [0.5, 0.6) is 5.75 Å². The Morgan fingerprint density at radius 1 is 1.08 bits per heavy atom. The van der Waals surface area contributed by atoms with Gasteiger partial charge in [-0.1, -0.05) is 41.4 Å². The number of carbonyl (C=O) groups is 1. The molecular formula is C29H23Cl2N3O4S. The number of ether oxygens (including phenoxy) is 1. The molecule has 3 aromatic carbocycles. The third-order valence-electron chi connectivity index (χ3n) is 6.30. The second-order valence-corrected chi connectivity index (χ2v) is 10.9. The highest BCUT2D eigenvalue weighted by Crippen LogP contribution is 2.41. The number of rotatable bonds is 8. The summed E-state index contributed by atoms with van der Waals surface area (Å²) in [7, 11) is 0. The third-order valence-corrected chi connectivity index (χ3v) is 8.00. The van der Waals surface area contributed by atoms with Gasteiger partial charge in [-0.3, -0.25) is 14.9 Å². The van der Waals surface area contributed by atoms with E-state index in [-0.39, 0.29) is 18.2 Å². The van der Waals surface area contributed by atoms with Crippen LogP contribution < -0.4 is 10.1 Å². The first-order valence-corrected chi connectivity index (χ1v) is 13.9. The minimum Gasteiger partial charge on any atom is -0.487 e. The molecule has 1 heterocycles. The van der Waals surface area contributed by atoms with Gasteiger partial charge >= 0.3 is 0 Å². The maximum Gasteiger partial charge on any atom is 0.269 e. The van der Waals surface area contributed by atoms with Crippen LogP contribution in [0, 0.1) is 10.1 Å². The highest BCUT2D eigenvalue weighted by molar-refractivity contribution is 7.16. The largest absolute Gasteiger partial charge is 0.487 e. The van der Waals surface area contributed by atoms with Crippen LogP contribution in [0.2, 0.25) is 10.0 Å². The second kappa shape index (κ2) is 12.0. The fraction of sp³-hybridized carbons (Fsp3) is 0.172. The Morgan fingerprint density at radius 2 is 1.82 bits per heavy atom. The minimum absolute atomic E-state index is 0.00171. The highest BCUT2D eigenvalue weighted by atomic mass is 35.5. The molecule has 1 aromatic heterocycles. The predicted octanol–water partition coefficient (Wildman–Crippen LogP) is 8.42. The first kappa shape index (κ1) is 26.9. The second-order valence-electron chi connectivity index (χ2n) is 8.99. The van der Waals surface area contributed by atoms with Crippen LogP contribution >= 0.6 is 34.5 Å². The van der Waals surface area contributed by atoms with Crippen molar-refractivity contribution in [3.63, 3.8) is 0 Å². The number of nitro benzene ring substituents is 1. The van der Waals surface area contributed by atoms with E-state index in [9.17, 15) is 14.9 Å². The van der Waals surface area contributed by atoms with Gasteiger partial charge in [0, 0.05) is 39.5 Å². The number of aryl methyl sites for hydroxylation is 1. The van der Waals surface area contributed by atoms with Crippen molar-refractivity contribution < 1.29 is 14.5 Å². The Labute approximate surface area is 239 Å². The highest BCUT2D eigenvalue weighted by Gasteiger charge is 2.25. The van der Waals surface area contributed by atoms with E-state index in [4.69, 9.17) is 32.9 Å². The molecule has 10 heteroatoms. The van der Waals surface area contributed by atoms with Gasteiger partial charge in [-0.25, -0.2) is 4.99 Å². The number of carbonyl (C=O) groups excluding carboxylic acids is 1. The van der Waals surface area contributed by atoms with Crippen LogP contribution in [-0.2, 0) is 19.4 Å². The van der Waals surface area contributed by atoms with Crippen molar-refractivity contribution in [3.05, 3.63) is 114 Å². The molecule has 0 spiro atoms. The van der Waals surface area contributed by atoms with Crippen LogP contribution in [0.1, 0.15) is 44.8 Å². The minimum atomic E-state index is -0.452. The predicted molar refractivity (Wildman–Crippen MR) is 157 cm³/mol. The summed E-state index contributed by atoms with van der Waals surface area (Å²) in [5, 5.41) is 15.3. The molecule has 0 saturated carbocycles. The number of amides is 1. The van der Waals surface area contributed by atoms with Gasteiger partial charge in [0.2, 0.25) is 0 Å². The van der Waals surface area contributed by atoms with Crippen LogP contribution in [-0.4, -0.2) is 17.0 Å². The molecule has 39 heavy (non-hydrogen) atoms. The van der Waals surface area contributed by atoms with Crippen LogP contribution in [0.15, 0.2) is 71.7 Å². The van der Waals surface area contributed by atoms with Gasteiger partial charge in [-0.2, -0.15) is 0 Å². The molecule has 0 radical (unpaired) electrons. The molecule has 0 saturated heterocycles. The standard InChI is InChI=1S/C29H23Cl2N3O4S/c30-20-14-19(27(24(31)15-20)38-17-18-10-12-22(13-11-18)34(36)37)16-32-29-26(23-8-4-5-9-25(23)39-29)28(35)33-21-6-2-1-3-7-21/h1-3,6-7,10-16H,4-5,8-9,17H2,(H,33,35). The molecule has 0 fully saturated rings. The lowest BCUT2D eigenvalue weighted by atomic mass is 9.95. The topological polar surface area (TPSA) is 93.8 Å². The smallest absolute Gasteiger partial charge is 0.269 e. The van der Waals surface area contributed by atoms with Gasteiger partial charge in [-0.15, -0.1) is 11.3 Å². The molecule has 1 amide bonds. The summed E-state index contributed by atoms with van der Waals surface area (Å²) in [6.07, 6.45) is 5.49. The van der Waals surface area contributed by atoms with Crippen molar-refractivity contribution in [1.82, 2.24) is 0 Å². The Morgan fingerprint density at radius 3 is 2.56 bits per heavy atom. The number of halogens is 2. The lowest BCUT2D eigenvalue weighted by molar-refractivity contribution is -0.384. The Kier molecular flexibility index (Phi) is 8.26. The lowest BCUT2D eigenvalue weighted by Gasteiger charge is -2.13. The van der Waals surface area contributed by atoms with Gasteiger partial charge in [0.15, 0.2) is 0 Å². The maximum absolute atomic E-state index is 13.4. The summed E-state index contributed by atoms with van der Waals surface area (Å²) in [4.78, 5) is 29.8. The van der Waals surface area contributed by atoms with Crippen molar-refractivity contribution in [2.45, 2.75) is 32.3 Å².